The summed E-state index contributed by atoms with van der Waals surface area (Å²) in [7, 11) is 5.00. The third-order valence-corrected chi connectivity index (χ3v) is 8.46. The van der Waals surface area contributed by atoms with Crippen molar-refractivity contribution in [2.75, 3.05) is 6.61 Å². The van der Waals surface area contributed by atoms with Gasteiger partial charge in [0, 0.05) is 6.61 Å². The van der Waals surface area contributed by atoms with E-state index in [4.69, 9.17) is 7.57 Å². The van der Waals surface area contributed by atoms with Crippen molar-refractivity contribution >= 4 is 41.4 Å². The number of benzene rings is 4. The number of aliphatic hydroxyl groups excluding tert-OH is 1. The highest BCUT2D eigenvalue weighted by molar-refractivity contribution is 8.13. The van der Waals surface area contributed by atoms with Crippen molar-refractivity contribution in [1.82, 2.24) is 0 Å². The summed E-state index contributed by atoms with van der Waals surface area (Å²) in [5.74, 6) is 0. The van der Waals surface area contributed by atoms with E-state index in [1.165, 1.54) is 10.8 Å². The van der Waals surface area contributed by atoms with E-state index in [2.05, 4.69) is 66.7 Å². The zero-order valence-corrected chi connectivity index (χ0v) is 16.0. The predicted octanol–water partition coefficient (Wildman–Crippen LogP) is 3.75. The molecule has 1 atom stereocenters. The van der Waals surface area contributed by atoms with Crippen molar-refractivity contribution in [2.45, 2.75) is 6.42 Å². The predicted molar refractivity (Wildman–Crippen MR) is 119 cm³/mol. The first kappa shape index (κ1) is 18.0. The lowest BCUT2D eigenvalue weighted by molar-refractivity contribution is 0.300. The summed E-state index contributed by atoms with van der Waals surface area (Å²) < 4.78 is 0. The fourth-order valence-corrected chi connectivity index (χ4v) is 6.78. The number of fused-ring (bicyclic) bond motifs is 1. The maximum Gasteiger partial charge on any atom is 0.383 e. The van der Waals surface area contributed by atoms with Crippen molar-refractivity contribution < 1.29 is 5.11 Å². The number of rotatable bonds is 5. The third kappa shape index (κ3) is 3.32. The second-order valence-corrected chi connectivity index (χ2v) is 9.65. The van der Waals surface area contributed by atoms with Gasteiger partial charge in [-0.25, -0.2) is 0 Å². The number of hydrogen-bond acceptors (Lipinski definition) is 1. The molecule has 1 nitrogen and oxygen atoms in total. The van der Waals surface area contributed by atoms with E-state index in [1.54, 1.807) is 0 Å². The average Bonchev–Trinajstić information content (AvgIpc) is 2.74. The summed E-state index contributed by atoms with van der Waals surface area (Å²) in [5, 5.41) is 15.4. The molecule has 4 aromatic rings. The monoisotopic (exact) mass is 367 g/mol. The molecule has 130 valence electrons. The van der Waals surface area contributed by atoms with Crippen LogP contribution >= 0.6 is 7.14 Å². The molecule has 0 saturated carbocycles. The molecular weight excluding hydrogens is 346 g/mol. The zero-order chi connectivity index (χ0) is 18.7. The largest absolute Gasteiger partial charge is 0.396 e. The Kier molecular flexibility index (Phi) is 5.12. The lowest BCUT2D eigenvalue weighted by Gasteiger charge is -2.26. The van der Waals surface area contributed by atoms with Crippen molar-refractivity contribution in [3.8, 4) is 0 Å². The molecule has 0 fully saturated rings. The molecule has 27 heavy (non-hydrogen) atoms. The normalized spacial score (nSPS) is 13.4. The van der Waals surface area contributed by atoms with E-state index in [0.717, 1.165) is 21.5 Å². The maximum absolute atomic E-state index is 9.56. The Morgan fingerprint density at radius 2 is 1.33 bits per heavy atom. The van der Waals surface area contributed by atoms with Crippen LogP contribution in [0.25, 0.3) is 10.8 Å². The summed E-state index contributed by atoms with van der Waals surface area (Å²) in [6.07, 6.45) is 0.607. The Hall–Kier alpha value is -2.41. The van der Waals surface area contributed by atoms with Crippen LogP contribution in [-0.4, -0.2) is 19.3 Å². The van der Waals surface area contributed by atoms with Gasteiger partial charge < -0.3 is 5.11 Å². The molecule has 1 unspecified atom stereocenters. The first-order chi connectivity index (χ1) is 13.2. The van der Waals surface area contributed by atoms with Crippen LogP contribution in [0, 0.1) is 0 Å². The van der Waals surface area contributed by atoms with E-state index in [0.29, 0.717) is 6.42 Å². The van der Waals surface area contributed by atoms with Crippen LogP contribution in [0.2, 0.25) is 0 Å². The number of aliphatic hydroxyl groups is 1. The van der Waals surface area contributed by atoms with Crippen LogP contribution in [0.3, 0.4) is 0 Å². The summed E-state index contributed by atoms with van der Waals surface area (Å²) in [5.41, 5.74) is 1.12. The fraction of sp³-hybridized carbons (Fsp3) is 0.0833. The van der Waals surface area contributed by atoms with Crippen LogP contribution in [0.4, 0.5) is 0 Å². The molecule has 0 aliphatic heterocycles. The first-order valence-corrected chi connectivity index (χ1v) is 11.0. The Labute approximate surface area is 162 Å². The van der Waals surface area contributed by atoms with Crippen molar-refractivity contribution in [3.05, 3.63) is 103 Å². The van der Waals surface area contributed by atoms with Gasteiger partial charge in [0.2, 0.25) is 0 Å². The molecule has 1 N–H and O–H groups in total. The van der Waals surface area contributed by atoms with E-state index in [9.17, 15) is 5.11 Å². The molecule has 0 bridgehead atoms. The van der Waals surface area contributed by atoms with Gasteiger partial charge in [-0.1, -0.05) is 66.7 Å². The molecule has 0 spiro atoms. The SMILES string of the molecule is [B][P+](c1ccccc1)(c1ccc2ccccc2c1)c1ccccc1CCO. The molecule has 4 rings (SSSR count). The second-order valence-electron chi connectivity index (χ2n) is 6.69. The minimum absolute atomic E-state index is 0.115. The van der Waals surface area contributed by atoms with Crippen LogP contribution < -0.4 is 15.9 Å². The van der Waals surface area contributed by atoms with E-state index in [1.807, 2.05) is 30.3 Å². The molecule has 2 radical (unpaired) electrons. The maximum atomic E-state index is 9.56. The molecule has 0 aliphatic rings. The van der Waals surface area contributed by atoms with Crippen molar-refractivity contribution in [2.24, 2.45) is 0 Å². The van der Waals surface area contributed by atoms with E-state index < -0.39 is 7.14 Å². The first-order valence-electron chi connectivity index (χ1n) is 9.15. The van der Waals surface area contributed by atoms with Gasteiger partial charge in [0.05, 0.1) is 23.1 Å². The van der Waals surface area contributed by atoms with Gasteiger partial charge in [-0.05, 0) is 53.1 Å². The lowest BCUT2D eigenvalue weighted by atomic mass is 10.1. The van der Waals surface area contributed by atoms with Gasteiger partial charge in [0.25, 0.3) is 0 Å². The van der Waals surface area contributed by atoms with Gasteiger partial charge in [-0.2, -0.15) is 0 Å². The van der Waals surface area contributed by atoms with Crippen LogP contribution in [0.5, 0.6) is 0 Å². The van der Waals surface area contributed by atoms with E-state index in [-0.39, 0.29) is 6.61 Å². The summed E-state index contributed by atoms with van der Waals surface area (Å²) >= 11 is 0. The standard InChI is InChI=1S/C24H21BOP/c25-27(22-11-2-1-3-12-22,24-13-7-6-9-20(24)16-17-26)23-15-14-19-8-4-5-10-21(19)18-23/h1-15,18,26H,16-17H2/q+1. The van der Waals surface area contributed by atoms with Crippen molar-refractivity contribution in [1.29, 1.82) is 0 Å². The average molecular weight is 367 g/mol. The fourth-order valence-electron chi connectivity index (χ4n) is 3.67. The van der Waals surface area contributed by atoms with Gasteiger partial charge in [0.15, 0.2) is 0 Å². The molecule has 4 aromatic carbocycles. The molecule has 0 saturated heterocycles. The van der Waals surface area contributed by atoms with Crippen LogP contribution in [-0.2, 0) is 6.42 Å². The Balaban J connectivity index is 1.99. The Bertz CT molecular complexity index is 1060. The highest BCUT2D eigenvalue weighted by Gasteiger charge is 2.41. The van der Waals surface area contributed by atoms with Gasteiger partial charge >= 0.3 is 7.57 Å². The Morgan fingerprint density at radius 1 is 0.667 bits per heavy atom. The topological polar surface area (TPSA) is 20.2 Å². The Morgan fingerprint density at radius 3 is 2.11 bits per heavy atom. The smallest absolute Gasteiger partial charge is 0.383 e. The third-order valence-electron chi connectivity index (χ3n) is 5.06. The molecule has 3 heteroatoms. The van der Waals surface area contributed by atoms with Crippen LogP contribution in [0.1, 0.15) is 5.56 Å². The quantitative estimate of drug-likeness (QED) is 0.421. The molecule has 0 aromatic heterocycles. The van der Waals surface area contributed by atoms with E-state index >= 15 is 0 Å². The summed E-state index contributed by atoms with van der Waals surface area (Å²) in [4.78, 5) is 0. The minimum Gasteiger partial charge on any atom is -0.396 e. The summed E-state index contributed by atoms with van der Waals surface area (Å²) in [6, 6.07) is 33.6. The second kappa shape index (κ2) is 7.68. The van der Waals surface area contributed by atoms with Crippen molar-refractivity contribution in [3.63, 3.8) is 0 Å². The zero-order valence-electron chi connectivity index (χ0n) is 15.1. The molecular formula is C24H21BOP+. The minimum atomic E-state index is -2.31. The highest BCUT2D eigenvalue weighted by atomic mass is 31.2. The molecule has 0 heterocycles. The molecule has 0 amide bonds. The molecule has 0 aliphatic carbocycles. The van der Waals surface area contributed by atoms with Gasteiger partial charge in [-0.15, -0.1) is 0 Å². The highest BCUT2D eigenvalue weighted by Crippen LogP contribution is 2.51. The van der Waals surface area contributed by atoms with Crippen LogP contribution in [0.15, 0.2) is 97.1 Å². The van der Waals surface area contributed by atoms with Gasteiger partial charge in [0.1, 0.15) is 0 Å². The summed E-state index contributed by atoms with van der Waals surface area (Å²) in [6.45, 7) is 0.115. The number of hydrogen-bond donors (Lipinski definition) is 1. The van der Waals surface area contributed by atoms with Gasteiger partial charge in [-0.3, -0.25) is 0 Å². The lowest BCUT2D eigenvalue weighted by Crippen LogP contribution is -2.33.